The van der Waals surface area contributed by atoms with Gasteiger partial charge in [-0.15, -0.1) is 0 Å². The molecular weight excluding hydrogens is 396 g/mol. The lowest BCUT2D eigenvalue weighted by Crippen LogP contribution is -2.36. The number of fused-ring (bicyclic) bond motifs is 3. The van der Waals surface area contributed by atoms with Gasteiger partial charge in [0.25, 0.3) is 0 Å². The van der Waals surface area contributed by atoms with Gasteiger partial charge in [0, 0.05) is 36.3 Å². The van der Waals surface area contributed by atoms with Crippen molar-refractivity contribution in [2.75, 3.05) is 6.54 Å². The van der Waals surface area contributed by atoms with Crippen LogP contribution in [-0.4, -0.2) is 43.1 Å². The summed E-state index contributed by atoms with van der Waals surface area (Å²) in [6.45, 7) is 6.97. The van der Waals surface area contributed by atoms with E-state index in [9.17, 15) is 14.7 Å². The molecule has 0 bridgehead atoms. The highest BCUT2D eigenvalue weighted by atomic mass is 16.5. The minimum absolute atomic E-state index is 0.0638. The number of carboxylic acid groups (broad SMARTS) is 1. The third-order valence-corrected chi connectivity index (χ3v) is 6.13. The second kappa shape index (κ2) is 8.17. The third-order valence-electron chi connectivity index (χ3n) is 6.13. The number of carbonyl (C=O) groups is 2. The highest BCUT2D eigenvalue weighted by Crippen LogP contribution is 2.31. The van der Waals surface area contributed by atoms with Crippen molar-refractivity contribution >= 4 is 22.9 Å². The van der Waals surface area contributed by atoms with Gasteiger partial charge in [-0.2, -0.15) is 0 Å². The molecule has 0 aromatic carbocycles. The zero-order chi connectivity index (χ0) is 22.2. The standard InChI is InChI=1S/C23H28N4O4/c1-15-12-16(25-31-15)13-27-19-14-26(20(28)7-4-9-23(2,3)22(29)30)11-8-17(19)18-6-5-10-24-21(18)27/h5-6,10,12H,4,7-9,11,13-14H2,1-3H3,(H,29,30). The Labute approximate surface area is 180 Å². The van der Waals surface area contributed by atoms with Crippen molar-refractivity contribution in [1.29, 1.82) is 0 Å². The van der Waals surface area contributed by atoms with E-state index >= 15 is 0 Å². The second-order valence-electron chi connectivity index (χ2n) is 8.92. The molecule has 3 aromatic heterocycles. The maximum absolute atomic E-state index is 12.9. The number of aromatic nitrogens is 3. The molecule has 8 nitrogen and oxygen atoms in total. The molecule has 4 rings (SSSR count). The lowest BCUT2D eigenvalue weighted by atomic mass is 9.87. The third kappa shape index (κ3) is 4.19. The molecular formula is C23H28N4O4. The van der Waals surface area contributed by atoms with Gasteiger partial charge in [0.05, 0.1) is 18.5 Å². The van der Waals surface area contributed by atoms with E-state index in [-0.39, 0.29) is 5.91 Å². The van der Waals surface area contributed by atoms with Gasteiger partial charge in [0.15, 0.2) is 0 Å². The summed E-state index contributed by atoms with van der Waals surface area (Å²) in [7, 11) is 0. The van der Waals surface area contributed by atoms with E-state index < -0.39 is 11.4 Å². The maximum Gasteiger partial charge on any atom is 0.309 e. The van der Waals surface area contributed by atoms with Gasteiger partial charge in [-0.25, -0.2) is 4.98 Å². The molecule has 1 aliphatic rings. The van der Waals surface area contributed by atoms with Crippen molar-refractivity contribution in [1.82, 2.24) is 19.6 Å². The SMILES string of the molecule is Cc1cc(Cn2c3c(c4cccnc42)CCN(C(=O)CCCC(C)(C)C(=O)O)C3)no1. The van der Waals surface area contributed by atoms with Gasteiger partial charge < -0.3 is 19.1 Å². The van der Waals surface area contributed by atoms with Gasteiger partial charge in [0.1, 0.15) is 17.1 Å². The number of nitrogens with zero attached hydrogens (tertiary/aromatic N) is 4. The molecule has 4 heterocycles. The Morgan fingerprint density at radius 1 is 1.32 bits per heavy atom. The number of amides is 1. The van der Waals surface area contributed by atoms with Crippen LogP contribution in [0, 0.1) is 12.3 Å². The Hall–Kier alpha value is -3.16. The number of carboxylic acids is 1. The van der Waals surface area contributed by atoms with Crippen LogP contribution in [0.2, 0.25) is 0 Å². The van der Waals surface area contributed by atoms with E-state index in [0.29, 0.717) is 38.9 Å². The molecule has 0 radical (unpaired) electrons. The molecule has 3 aromatic rings. The van der Waals surface area contributed by atoms with Crippen molar-refractivity contribution in [3.05, 3.63) is 47.1 Å². The van der Waals surface area contributed by atoms with Crippen LogP contribution in [0.3, 0.4) is 0 Å². The number of aliphatic carboxylic acids is 1. The fourth-order valence-electron chi connectivity index (χ4n) is 4.24. The Morgan fingerprint density at radius 3 is 2.84 bits per heavy atom. The zero-order valence-corrected chi connectivity index (χ0v) is 18.2. The summed E-state index contributed by atoms with van der Waals surface area (Å²) >= 11 is 0. The highest BCUT2D eigenvalue weighted by molar-refractivity contribution is 5.84. The molecule has 0 unspecified atom stereocenters. The molecule has 8 heteroatoms. The summed E-state index contributed by atoms with van der Waals surface area (Å²) < 4.78 is 7.36. The monoisotopic (exact) mass is 424 g/mol. The number of carbonyl (C=O) groups excluding carboxylic acids is 1. The Bertz CT molecular complexity index is 1130. The van der Waals surface area contributed by atoms with Crippen molar-refractivity contribution in [3.63, 3.8) is 0 Å². The summed E-state index contributed by atoms with van der Waals surface area (Å²) in [6, 6.07) is 5.93. The van der Waals surface area contributed by atoms with E-state index in [1.54, 1.807) is 20.0 Å². The van der Waals surface area contributed by atoms with E-state index in [2.05, 4.69) is 20.8 Å². The predicted molar refractivity (Wildman–Crippen MR) is 114 cm³/mol. The second-order valence-corrected chi connectivity index (χ2v) is 8.92. The molecule has 31 heavy (non-hydrogen) atoms. The average molecular weight is 425 g/mol. The number of hydrogen-bond donors (Lipinski definition) is 1. The lowest BCUT2D eigenvalue weighted by Gasteiger charge is -2.29. The van der Waals surface area contributed by atoms with Crippen molar-refractivity contribution in [2.45, 2.75) is 59.5 Å². The molecule has 0 aliphatic carbocycles. The first kappa shape index (κ1) is 21.1. The van der Waals surface area contributed by atoms with Gasteiger partial charge in [-0.05, 0) is 57.7 Å². The van der Waals surface area contributed by atoms with Crippen LogP contribution in [0.25, 0.3) is 11.0 Å². The fourth-order valence-corrected chi connectivity index (χ4v) is 4.24. The maximum atomic E-state index is 12.9. The zero-order valence-electron chi connectivity index (χ0n) is 18.2. The van der Waals surface area contributed by atoms with Crippen LogP contribution in [-0.2, 0) is 29.1 Å². The van der Waals surface area contributed by atoms with E-state index in [0.717, 1.165) is 34.6 Å². The molecule has 0 saturated heterocycles. The van der Waals surface area contributed by atoms with Crippen molar-refractivity contribution < 1.29 is 19.2 Å². The number of rotatable bonds is 7. The summed E-state index contributed by atoms with van der Waals surface area (Å²) in [5.74, 6) is -0.00839. The predicted octanol–water partition coefficient (Wildman–Crippen LogP) is 3.55. The lowest BCUT2D eigenvalue weighted by molar-refractivity contribution is -0.147. The van der Waals surface area contributed by atoms with Gasteiger partial charge in [-0.3, -0.25) is 9.59 Å². The smallest absolute Gasteiger partial charge is 0.309 e. The van der Waals surface area contributed by atoms with Crippen LogP contribution in [0.1, 0.15) is 55.8 Å². The minimum atomic E-state index is -0.831. The first-order chi connectivity index (χ1) is 14.8. The van der Waals surface area contributed by atoms with Crippen LogP contribution in [0.15, 0.2) is 28.9 Å². The molecule has 0 spiro atoms. The summed E-state index contributed by atoms with van der Waals surface area (Å²) in [5.41, 5.74) is 3.22. The fraction of sp³-hybridized carbons (Fsp3) is 0.478. The normalized spacial score (nSPS) is 14.1. The van der Waals surface area contributed by atoms with E-state index in [4.69, 9.17) is 4.52 Å². The van der Waals surface area contributed by atoms with Crippen molar-refractivity contribution in [2.24, 2.45) is 5.41 Å². The first-order valence-electron chi connectivity index (χ1n) is 10.6. The summed E-state index contributed by atoms with van der Waals surface area (Å²) in [5, 5.41) is 14.5. The molecule has 0 saturated carbocycles. The quantitative estimate of drug-likeness (QED) is 0.622. The number of hydrogen-bond acceptors (Lipinski definition) is 5. The average Bonchev–Trinajstić information content (AvgIpc) is 3.29. The van der Waals surface area contributed by atoms with Gasteiger partial charge in [-0.1, -0.05) is 5.16 Å². The summed E-state index contributed by atoms with van der Waals surface area (Å²) in [4.78, 5) is 30.6. The largest absolute Gasteiger partial charge is 0.481 e. The summed E-state index contributed by atoms with van der Waals surface area (Å²) in [6.07, 6.45) is 3.94. The molecule has 1 N–H and O–H groups in total. The van der Waals surface area contributed by atoms with Crippen LogP contribution in [0.5, 0.6) is 0 Å². The molecule has 1 aliphatic heterocycles. The molecule has 1 amide bonds. The van der Waals surface area contributed by atoms with E-state index in [1.165, 1.54) is 5.56 Å². The Morgan fingerprint density at radius 2 is 2.13 bits per heavy atom. The molecule has 164 valence electrons. The number of aryl methyl sites for hydroxylation is 1. The highest BCUT2D eigenvalue weighted by Gasteiger charge is 2.29. The first-order valence-corrected chi connectivity index (χ1v) is 10.6. The van der Waals surface area contributed by atoms with Crippen LogP contribution >= 0.6 is 0 Å². The topological polar surface area (TPSA) is 101 Å². The van der Waals surface area contributed by atoms with Gasteiger partial charge >= 0.3 is 5.97 Å². The van der Waals surface area contributed by atoms with Crippen molar-refractivity contribution in [3.8, 4) is 0 Å². The molecule has 0 atom stereocenters. The minimum Gasteiger partial charge on any atom is -0.481 e. The van der Waals surface area contributed by atoms with Crippen LogP contribution in [0.4, 0.5) is 0 Å². The van der Waals surface area contributed by atoms with E-state index in [1.807, 2.05) is 24.0 Å². The number of pyridine rings is 1. The van der Waals surface area contributed by atoms with Gasteiger partial charge in [0.2, 0.25) is 5.91 Å². The Balaban J connectivity index is 1.54. The van der Waals surface area contributed by atoms with Crippen LogP contribution < -0.4 is 0 Å². The molecule has 0 fully saturated rings. The Kier molecular flexibility index (Phi) is 5.56.